The van der Waals surface area contributed by atoms with Crippen molar-refractivity contribution in [3.8, 4) is 0 Å². The number of thiazole rings is 1. The fourth-order valence-electron chi connectivity index (χ4n) is 3.53. The molecule has 2 aromatic rings. The summed E-state index contributed by atoms with van der Waals surface area (Å²) in [7, 11) is -3.60. The van der Waals surface area contributed by atoms with Gasteiger partial charge in [0.05, 0.1) is 17.1 Å². The highest BCUT2D eigenvalue weighted by Crippen LogP contribution is 2.33. The van der Waals surface area contributed by atoms with Crippen molar-refractivity contribution in [2.75, 3.05) is 11.9 Å². The summed E-state index contributed by atoms with van der Waals surface area (Å²) in [5.41, 5.74) is 3.43. The predicted octanol–water partition coefficient (Wildman–Crippen LogP) is 3.35. The van der Waals surface area contributed by atoms with E-state index in [1.54, 1.807) is 0 Å². The van der Waals surface area contributed by atoms with Gasteiger partial charge < -0.3 is 5.32 Å². The second kappa shape index (κ2) is 7.81. The fraction of sp³-hybridized carbons (Fsp3) is 0.474. The summed E-state index contributed by atoms with van der Waals surface area (Å²) in [6, 6.07) is 3.52. The highest BCUT2D eigenvalue weighted by Gasteiger charge is 2.32. The first kappa shape index (κ1) is 20.8. The van der Waals surface area contributed by atoms with Gasteiger partial charge in [-0.15, -0.1) is 0 Å². The van der Waals surface area contributed by atoms with Crippen LogP contribution in [0.15, 0.2) is 17.0 Å². The Labute approximate surface area is 170 Å². The zero-order chi connectivity index (χ0) is 20.6. The highest BCUT2D eigenvalue weighted by molar-refractivity contribution is 7.89. The lowest BCUT2D eigenvalue weighted by Crippen LogP contribution is -2.36. The van der Waals surface area contributed by atoms with Crippen LogP contribution in [0.2, 0.25) is 0 Å². The van der Waals surface area contributed by atoms with Crippen LogP contribution in [0.25, 0.3) is 0 Å². The summed E-state index contributed by atoms with van der Waals surface area (Å²) in [6.45, 7) is 10.0. The molecule has 0 atom stereocenters. The van der Waals surface area contributed by atoms with Crippen molar-refractivity contribution in [2.24, 2.45) is 0 Å². The minimum Gasteiger partial charge on any atom is -0.336 e. The molecule has 2 N–H and O–H groups in total. The number of benzene rings is 1. The normalized spacial score (nSPS) is 14.8. The maximum Gasteiger partial charge on any atom is 0.321 e. The van der Waals surface area contributed by atoms with E-state index in [0.717, 1.165) is 27.3 Å². The van der Waals surface area contributed by atoms with Gasteiger partial charge in [0, 0.05) is 23.9 Å². The van der Waals surface area contributed by atoms with E-state index in [4.69, 9.17) is 0 Å². The number of rotatable bonds is 4. The smallest absolute Gasteiger partial charge is 0.321 e. The largest absolute Gasteiger partial charge is 0.336 e. The number of aryl methyl sites for hydroxylation is 3. The van der Waals surface area contributed by atoms with Crippen LogP contribution >= 0.6 is 11.3 Å². The molecule has 1 aliphatic rings. The van der Waals surface area contributed by atoms with Crippen molar-refractivity contribution in [1.29, 1.82) is 0 Å². The molecule has 0 unspecified atom stereocenters. The summed E-state index contributed by atoms with van der Waals surface area (Å²) >= 11 is 1.33. The molecule has 152 valence electrons. The van der Waals surface area contributed by atoms with Crippen LogP contribution in [-0.2, 0) is 23.0 Å². The zero-order valence-electron chi connectivity index (χ0n) is 16.8. The Hall–Kier alpha value is -1.97. The molecule has 0 saturated heterocycles. The fourth-order valence-corrected chi connectivity index (χ4v) is 6.45. The van der Waals surface area contributed by atoms with Crippen LogP contribution in [0.3, 0.4) is 0 Å². The summed E-state index contributed by atoms with van der Waals surface area (Å²) in [6.07, 6.45) is 0.530. The second-order valence-electron chi connectivity index (χ2n) is 7.46. The lowest BCUT2D eigenvalue weighted by Gasteiger charge is -2.27. The number of anilines is 1. The molecular weight excluding hydrogens is 396 g/mol. The van der Waals surface area contributed by atoms with Crippen molar-refractivity contribution in [2.45, 2.75) is 58.5 Å². The number of nitrogens with one attached hydrogen (secondary N) is 2. The van der Waals surface area contributed by atoms with E-state index < -0.39 is 10.0 Å². The molecular formula is C19H26N4O3S2. The van der Waals surface area contributed by atoms with Crippen LogP contribution in [0.1, 0.15) is 41.1 Å². The van der Waals surface area contributed by atoms with E-state index in [1.807, 2.05) is 46.8 Å². The molecule has 3 rings (SSSR count). The molecule has 7 nitrogen and oxygen atoms in total. The molecule has 0 fully saturated rings. The number of fused-ring (bicyclic) bond motifs is 1. The van der Waals surface area contributed by atoms with Crippen molar-refractivity contribution in [1.82, 2.24) is 14.6 Å². The molecule has 2 heterocycles. The van der Waals surface area contributed by atoms with Gasteiger partial charge in [-0.25, -0.2) is 18.2 Å². The van der Waals surface area contributed by atoms with Gasteiger partial charge in [-0.2, -0.15) is 4.31 Å². The third-order valence-electron chi connectivity index (χ3n) is 4.54. The van der Waals surface area contributed by atoms with E-state index >= 15 is 0 Å². The third kappa shape index (κ3) is 4.21. The Kier molecular flexibility index (Phi) is 5.79. The molecule has 0 bridgehead atoms. The predicted molar refractivity (Wildman–Crippen MR) is 111 cm³/mol. The number of hydrogen-bond donors (Lipinski definition) is 2. The summed E-state index contributed by atoms with van der Waals surface area (Å²) in [4.78, 5) is 17.6. The van der Waals surface area contributed by atoms with Crippen LogP contribution < -0.4 is 10.6 Å². The molecule has 0 spiro atoms. The van der Waals surface area contributed by atoms with Crippen LogP contribution in [0.5, 0.6) is 0 Å². The molecule has 1 aliphatic heterocycles. The number of carbonyl (C=O) groups excluding carboxylic acids is 1. The number of urea groups is 1. The number of aromatic nitrogens is 1. The number of hydrogen-bond acceptors (Lipinski definition) is 5. The molecule has 1 aromatic carbocycles. The zero-order valence-corrected chi connectivity index (χ0v) is 18.4. The number of amides is 2. The molecule has 0 radical (unpaired) electrons. The van der Waals surface area contributed by atoms with E-state index in [0.29, 0.717) is 23.0 Å². The quantitative estimate of drug-likeness (QED) is 0.790. The lowest BCUT2D eigenvalue weighted by atomic mass is 10.1. The monoisotopic (exact) mass is 422 g/mol. The minimum absolute atomic E-state index is 0.0243. The van der Waals surface area contributed by atoms with Crippen molar-refractivity contribution in [3.05, 3.63) is 39.4 Å². The molecule has 28 heavy (non-hydrogen) atoms. The molecule has 2 amide bonds. The Morgan fingerprint density at radius 2 is 1.86 bits per heavy atom. The van der Waals surface area contributed by atoms with Gasteiger partial charge in [0.1, 0.15) is 0 Å². The van der Waals surface area contributed by atoms with E-state index in [-0.39, 0.29) is 18.6 Å². The van der Waals surface area contributed by atoms with Crippen LogP contribution in [-0.4, -0.2) is 36.3 Å². The first-order chi connectivity index (χ1) is 13.1. The maximum absolute atomic E-state index is 13.3. The van der Waals surface area contributed by atoms with Gasteiger partial charge >= 0.3 is 6.03 Å². The summed E-state index contributed by atoms with van der Waals surface area (Å²) < 4.78 is 28.1. The van der Waals surface area contributed by atoms with Crippen LogP contribution in [0.4, 0.5) is 9.93 Å². The number of nitrogens with zero attached hydrogens (tertiary/aromatic N) is 2. The van der Waals surface area contributed by atoms with E-state index in [1.165, 1.54) is 15.6 Å². The van der Waals surface area contributed by atoms with E-state index in [2.05, 4.69) is 15.6 Å². The Bertz CT molecular complexity index is 989. The second-order valence-corrected chi connectivity index (χ2v) is 10.4. The van der Waals surface area contributed by atoms with Gasteiger partial charge in [-0.1, -0.05) is 29.0 Å². The first-order valence-electron chi connectivity index (χ1n) is 9.22. The van der Waals surface area contributed by atoms with Gasteiger partial charge in [-0.3, -0.25) is 5.32 Å². The molecule has 0 saturated carbocycles. The summed E-state index contributed by atoms with van der Waals surface area (Å²) in [5.74, 6) is 0. The minimum atomic E-state index is -3.60. The Balaban J connectivity index is 1.83. The third-order valence-corrected chi connectivity index (χ3v) is 7.69. The van der Waals surface area contributed by atoms with Gasteiger partial charge in [0.2, 0.25) is 10.0 Å². The average Bonchev–Trinajstić information content (AvgIpc) is 2.93. The van der Waals surface area contributed by atoms with E-state index in [9.17, 15) is 13.2 Å². The van der Waals surface area contributed by atoms with Gasteiger partial charge in [-0.05, 0) is 45.7 Å². The molecule has 0 aliphatic carbocycles. The average molecular weight is 423 g/mol. The SMILES string of the molecule is Cc1cc(C)c(S(=O)(=O)N2CCc3nc(NC(=O)NC(C)C)sc3C2)c(C)c1. The topological polar surface area (TPSA) is 91.4 Å². The lowest BCUT2D eigenvalue weighted by molar-refractivity contribution is 0.250. The van der Waals surface area contributed by atoms with Crippen molar-refractivity contribution >= 4 is 32.5 Å². The van der Waals surface area contributed by atoms with Gasteiger partial charge in [0.15, 0.2) is 5.13 Å². The number of sulfonamides is 1. The van der Waals surface area contributed by atoms with Crippen molar-refractivity contribution < 1.29 is 13.2 Å². The Morgan fingerprint density at radius 1 is 1.21 bits per heavy atom. The Morgan fingerprint density at radius 3 is 2.46 bits per heavy atom. The van der Waals surface area contributed by atoms with Crippen molar-refractivity contribution in [3.63, 3.8) is 0 Å². The highest BCUT2D eigenvalue weighted by atomic mass is 32.2. The van der Waals surface area contributed by atoms with Crippen LogP contribution in [0, 0.1) is 20.8 Å². The van der Waals surface area contributed by atoms with Gasteiger partial charge in [0.25, 0.3) is 0 Å². The summed E-state index contributed by atoms with van der Waals surface area (Å²) in [5, 5.41) is 5.97. The maximum atomic E-state index is 13.3. The standard InChI is InChI=1S/C19H26N4O3S2/c1-11(2)20-18(24)22-19-21-15-6-7-23(10-16(15)27-19)28(25,26)17-13(4)8-12(3)9-14(17)5/h8-9,11H,6-7,10H2,1-5H3,(H2,20,21,22,24). The first-order valence-corrected chi connectivity index (χ1v) is 11.5. The molecule has 1 aromatic heterocycles. The number of carbonyl (C=O) groups is 1. The molecule has 9 heteroatoms.